The van der Waals surface area contributed by atoms with Crippen molar-refractivity contribution in [1.29, 1.82) is 0 Å². The SMILES string of the molecule is CCC(=O)C(C)C(C(=O)OC)(C(=O)OC)C(F)(F)F. The highest BCUT2D eigenvalue weighted by molar-refractivity contribution is 6.05. The second-order valence-corrected chi connectivity index (χ2v) is 3.83. The number of ketones is 1. The Bertz CT molecular complexity index is 359. The average Bonchev–Trinajstić information content (AvgIpc) is 2.35. The van der Waals surface area contributed by atoms with Crippen LogP contribution in [0.5, 0.6) is 0 Å². The van der Waals surface area contributed by atoms with Crippen LogP contribution in [0.1, 0.15) is 20.3 Å². The molecule has 19 heavy (non-hydrogen) atoms. The van der Waals surface area contributed by atoms with Gasteiger partial charge in [-0.15, -0.1) is 0 Å². The summed E-state index contributed by atoms with van der Waals surface area (Å²) in [7, 11) is 1.41. The molecule has 5 nitrogen and oxygen atoms in total. The number of Topliss-reactive ketones (excluding diaryl/α,β-unsaturated/α-hetero) is 1. The molecule has 0 spiro atoms. The molecule has 0 aromatic carbocycles. The lowest BCUT2D eigenvalue weighted by Crippen LogP contribution is -2.58. The van der Waals surface area contributed by atoms with Crippen LogP contribution in [0.15, 0.2) is 0 Å². The van der Waals surface area contributed by atoms with Gasteiger partial charge < -0.3 is 9.47 Å². The van der Waals surface area contributed by atoms with Crippen LogP contribution in [0.4, 0.5) is 13.2 Å². The van der Waals surface area contributed by atoms with Crippen LogP contribution >= 0.6 is 0 Å². The number of carbonyl (C=O) groups excluding carboxylic acids is 3. The number of hydrogen-bond donors (Lipinski definition) is 0. The first kappa shape index (κ1) is 17.4. The molecule has 110 valence electrons. The van der Waals surface area contributed by atoms with Crippen molar-refractivity contribution >= 4 is 17.7 Å². The second kappa shape index (κ2) is 6.03. The third-order valence-electron chi connectivity index (χ3n) is 2.94. The summed E-state index contributed by atoms with van der Waals surface area (Å²) in [6.45, 7) is 2.18. The van der Waals surface area contributed by atoms with Gasteiger partial charge in [-0.3, -0.25) is 14.4 Å². The second-order valence-electron chi connectivity index (χ2n) is 3.83. The van der Waals surface area contributed by atoms with Crippen molar-refractivity contribution in [3.05, 3.63) is 0 Å². The van der Waals surface area contributed by atoms with Crippen molar-refractivity contribution in [2.24, 2.45) is 11.3 Å². The predicted molar refractivity (Wildman–Crippen MR) is 57.0 cm³/mol. The lowest BCUT2D eigenvalue weighted by Gasteiger charge is -2.34. The summed E-state index contributed by atoms with van der Waals surface area (Å²) in [4.78, 5) is 34.6. The summed E-state index contributed by atoms with van der Waals surface area (Å²) in [5, 5.41) is 0. The van der Waals surface area contributed by atoms with Gasteiger partial charge in [0.15, 0.2) is 0 Å². The fourth-order valence-corrected chi connectivity index (χ4v) is 1.78. The highest BCUT2D eigenvalue weighted by Crippen LogP contribution is 2.47. The van der Waals surface area contributed by atoms with Gasteiger partial charge in [-0.1, -0.05) is 13.8 Å². The van der Waals surface area contributed by atoms with Gasteiger partial charge in [0.05, 0.1) is 20.1 Å². The van der Waals surface area contributed by atoms with Gasteiger partial charge in [0.25, 0.3) is 5.41 Å². The molecule has 8 heteroatoms. The Kier molecular flexibility index (Phi) is 5.52. The molecule has 0 aromatic rings. The lowest BCUT2D eigenvalue weighted by atomic mass is 9.72. The minimum absolute atomic E-state index is 0.257. The van der Waals surface area contributed by atoms with Crippen LogP contribution in [0.25, 0.3) is 0 Å². The van der Waals surface area contributed by atoms with E-state index >= 15 is 0 Å². The lowest BCUT2D eigenvalue weighted by molar-refractivity contribution is -0.248. The van der Waals surface area contributed by atoms with E-state index in [-0.39, 0.29) is 6.42 Å². The molecule has 0 saturated heterocycles. The Morgan fingerprint density at radius 2 is 1.42 bits per heavy atom. The molecule has 0 saturated carbocycles. The van der Waals surface area contributed by atoms with Crippen LogP contribution in [0.2, 0.25) is 0 Å². The summed E-state index contributed by atoms with van der Waals surface area (Å²) in [5.41, 5.74) is -3.64. The van der Waals surface area contributed by atoms with Gasteiger partial charge in [0, 0.05) is 6.42 Å². The van der Waals surface area contributed by atoms with Crippen LogP contribution in [-0.4, -0.2) is 38.1 Å². The third-order valence-corrected chi connectivity index (χ3v) is 2.94. The standard InChI is InChI=1S/C11H15F3O5/c1-5-7(15)6(2)10(8(16)18-3,9(17)19-4)11(12,13)14/h6H,5H2,1-4H3. The minimum atomic E-state index is -5.31. The van der Waals surface area contributed by atoms with Crippen LogP contribution in [-0.2, 0) is 23.9 Å². The van der Waals surface area contributed by atoms with Crippen molar-refractivity contribution in [3.8, 4) is 0 Å². The molecular weight excluding hydrogens is 269 g/mol. The van der Waals surface area contributed by atoms with Crippen molar-refractivity contribution in [2.45, 2.75) is 26.4 Å². The van der Waals surface area contributed by atoms with Gasteiger partial charge in [0.2, 0.25) is 0 Å². The molecule has 0 rings (SSSR count). The zero-order valence-electron chi connectivity index (χ0n) is 11.0. The third kappa shape index (κ3) is 2.71. The van der Waals surface area contributed by atoms with Crippen molar-refractivity contribution in [2.75, 3.05) is 14.2 Å². The first-order chi connectivity index (χ1) is 8.60. The molecule has 1 unspecified atom stereocenters. The number of hydrogen-bond acceptors (Lipinski definition) is 5. The topological polar surface area (TPSA) is 69.7 Å². The quantitative estimate of drug-likeness (QED) is 0.565. The molecule has 0 fully saturated rings. The Morgan fingerprint density at radius 1 is 1.05 bits per heavy atom. The summed E-state index contributed by atoms with van der Waals surface area (Å²) >= 11 is 0. The number of halogens is 3. The van der Waals surface area contributed by atoms with E-state index in [1.54, 1.807) is 0 Å². The van der Waals surface area contributed by atoms with Gasteiger partial charge >= 0.3 is 18.1 Å². The van der Waals surface area contributed by atoms with E-state index in [2.05, 4.69) is 9.47 Å². The normalized spacial score (nSPS) is 13.6. The Morgan fingerprint density at radius 3 is 1.63 bits per heavy atom. The summed E-state index contributed by atoms with van der Waals surface area (Å²) in [5.74, 6) is -6.55. The maximum Gasteiger partial charge on any atom is 0.416 e. The molecule has 0 aromatic heterocycles. The van der Waals surface area contributed by atoms with E-state index in [1.165, 1.54) is 6.92 Å². The summed E-state index contributed by atoms with van der Waals surface area (Å²) in [6.07, 6.45) is -5.57. The average molecular weight is 284 g/mol. The van der Waals surface area contributed by atoms with E-state index in [9.17, 15) is 27.6 Å². The number of methoxy groups -OCH3 is 2. The maximum absolute atomic E-state index is 13.2. The first-order valence-corrected chi connectivity index (χ1v) is 5.37. The van der Waals surface area contributed by atoms with Crippen LogP contribution < -0.4 is 0 Å². The van der Waals surface area contributed by atoms with Crippen molar-refractivity contribution < 1.29 is 37.0 Å². The van der Waals surface area contributed by atoms with E-state index < -0.39 is 35.2 Å². The van der Waals surface area contributed by atoms with E-state index in [1.807, 2.05) is 0 Å². The first-order valence-electron chi connectivity index (χ1n) is 5.37. The number of esters is 2. The van der Waals surface area contributed by atoms with E-state index in [0.717, 1.165) is 6.92 Å². The highest BCUT2D eigenvalue weighted by atomic mass is 19.4. The van der Waals surface area contributed by atoms with E-state index in [0.29, 0.717) is 14.2 Å². The molecule has 0 aliphatic carbocycles. The molecular formula is C11H15F3O5. The molecule has 1 atom stereocenters. The number of carbonyl (C=O) groups is 3. The van der Waals surface area contributed by atoms with Gasteiger partial charge in [0.1, 0.15) is 5.78 Å². The van der Waals surface area contributed by atoms with Crippen molar-refractivity contribution in [1.82, 2.24) is 0 Å². The molecule has 0 radical (unpaired) electrons. The molecule has 0 amide bonds. The Hall–Kier alpha value is -1.60. The molecule has 0 aliphatic heterocycles. The molecule has 0 N–H and O–H groups in total. The molecule has 0 heterocycles. The number of ether oxygens (including phenoxy) is 2. The van der Waals surface area contributed by atoms with Crippen molar-refractivity contribution in [3.63, 3.8) is 0 Å². The Labute approximate surface area is 108 Å². The zero-order chi connectivity index (χ0) is 15.4. The van der Waals surface area contributed by atoms with Gasteiger partial charge in [-0.25, -0.2) is 0 Å². The fourth-order valence-electron chi connectivity index (χ4n) is 1.78. The van der Waals surface area contributed by atoms with Crippen LogP contribution in [0, 0.1) is 11.3 Å². The Balaban J connectivity index is 6.15. The zero-order valence-corrected chi connectivity index (χ0v) is 11.0. The summed E-state index contributed by atoms with van der Waals surface area (Å²) < 4.78 is 47.9. The molecule has 0 aliphatic rings. The van der Waals surface area contributed by atoms with Gasteiger partial charge in [-0.2, -0.15) is 13.2 Å². The molecule has 0 bridgehead atoms. The largest absolute Gasteiger partial charge is 0.468 e. The summed E-state index contributed by atoms with van der Waals surface area (Å²) in [6, 6.07) is 0. The number of alkyl halides is 3. The smallest absolute Gasteiger partial charge is 0.416 e. The van der Waals surface area contributed by atoms with Gasteiger partial charge in [-0.05, 0) is 0 Å². The minimum Gasteiger partial charge on any atom is -0.468 e. The maximum atomic E-state index is 13.2. The fraction of sp³-hybridized carbons (Fsp3) is 0.727. The number of rotatable bonds is 5. The predicted octanol–water partition coefficient (Wildman–Crippen LogP) is 1.50. The highest BCUT2D eigenvalue weighted by Gasteiger charge is 2.72. The van der Waals surface area contributed by atoms with Crippen LogP contribution in [0.3, 0.4) is 0 Å². The monoisotopic (exact) mass is 284 g/mol. The van der Waals surface area contributed by atoms with E-state index in [4.69, 9.17) is 0 Å².